The highest BCUT2D eigenvalue weighted by molar-refractivity contribution is 7.86. The Morgan fingerprint density at radius 1 is 1.11 bits per heavy atom. The van der Waals surface area contributed by atoms with Crippen LogP contribution in [0.15, 0.2) is 23.0 Å². The van der Waals surface area contributed by atoms with Crippen LogP contribution < -0.4 is 11.0 Å². The van der Waals surface area contributed by atoms with Crippen molar-refractivity contribution in [3.63, 3.8) is 0 Å². The normalized spacial score (nSPS) is 16.9. The largest absolute Gasteiger partial charge is 0.328 e. The Labute approximate surface area is 158 Å². The van der Waals surface area contributed by atoms with Crippen molar-refractivity contribution in [3.8, 4) is 0 Å². The number of benzene rings is 1. The molecule has 0 spiro atoms. The summed E-state index contributed by atoms with van der Waals surface area (Å²) in [7, 11) is 2.96. The van der Waals surface area contributed by atoms with Gasteiger partial charge in [0.2, 0.25) is 5.91 Å². The van der Waals surface area contributed by atoms with E-state index in [4.69, 9.17) is 0 Å². The monoisotopic (exact) mass is 395 g/mol. The second-order valence-electron chi connectivity index (χ2n) is 7.06. The molecule has 0 bridgehead atoms. The number of fused-ring (bicyclic) bond motifs is 1. The SMILES string of the molecule is CN(C)S(=O)(=O)N1CCC(C(=O)Nc2ccc3c(c2)n(C)c(=O)n3C)CC1. The van der Waals surface area contributed by atoms with Gasteiger partial charge in [0.1, 0.15) is 0 Å². The zero-order valence-electron chi connectivity index (χ0n) is 16.0. The number of aryl methyl sites for hydroxylation is 2. The van der Waals surface area contributed by atoms with Crippen molar-refractivity contribution in [2.45, 2.75) is 12.8 Å². The van der Waals surface area contributed by atoms with Gasteiger partial charge in [-0.1, -0.05) is 0 Å². The average Bonchev–Trinajstić information content (AvgIpc) is 2.85. The van der Waals surface area contributed by atoms with Crippen LogP contribution in [0.2, 0.25) is 0 Å². The van der Waals surface area contributed by atoms with E-state index < -0.39 is 10.2 Å². The summed E-state index contributed by atoms with van der Waals surface area (Å²) >= 11 is 0. The molecule has 1 N–H and O–H groups in total. The van der Waals surface area contributed by atoms with Gasteiger partial charge in [-0.15, -0.1) is 0 Å². The number of nitrogens with one attached hydrogen (secondary N) is 1. The van der Waals surface area contributed by atoms with E-state index in [9.17, 15) is 18.0 Å². The van der Waals surface area contributed by atoms with Gasteiger partial charge in [-0.3, -0.25) is 13.9 Å². The minimum Gasteiger partial charge on any atom is -0.326 e. The molecule has 2 aromatic rings. The molecule has 1 fully saturated rings. The third kappa shape index (κ3) is 3.52. The minimum absolute atomic E-state index is 0.122. The Morgan fingerprint density at radius 3 is 2.30 bits per heavy atom. The maximum absolute atomic E-state index is 12.6. The molecule has 27 heavy (non-hydrogen) atoms. The first-order valence-corrected chi connectivity index (χ1v) is 10.2. The van der Waals surface area contributed by atoms with E-state index in [-0.39, 0.29) is 17.5 Å². The molecule has 3 rings (SSSR count). The summed E-state index contributed by atoms with van der Waals surface area (Å²) in [6.45, 7) is 0.648. The molecule has 0 radical (unpaired) electrons. The number of aromatic nitrogens is 2. The molecular weight excluding hydrogens is 370 g/mol. The van der Waals surface area contributed by atoms with E-state index in [2.05, 4.69) is 5.32 Å². The number of carbonyl (C=O) groups is 1. The molecule has 10 heteroatoms. The van der Waals surface area contributed by atoms with Gasteiger partial charge in [0.25, 0.3) is 10.2 Å². The molecule has 1 aliphatic rings. The standard InChI is InChI=1S/C17H25N5O4S/c1-19(2)27(25,26)22-9-7-12(8-10-22)16(23)18-13-5-6-14-15(11-13)21(4)17(24)20(14)3/h5-6,11-12H,7-10H2,1-4H3,(H,18,23). The number of piperidine rings is 1. The topological polar surface area (TPSA) is 96.7 Å². The van der Waals surface area contributed by atoms with Crippen LogP contribution in [-0.4, -0.2) is 59.3 Å². The van der Waals surface area contributed by atoms with Gasteiger partial charge < -0.3 is 5.32 Å². The smallest absolute Gasteiger partial charge is 0.326 e. The number of imidazole rings is 1. The fourth-order valence-corrected chi connectivity index (χ4v) is 4.54. The van der Waals surface area contributed by atoms with E-state index in [0.717, 1.165) is 11.0 Å². The lowest BCUT2D eigenvalue weighted by Crippen LogP contribution is -2.46. The maximum atomic E-state index is 12.6. The van der Waals surface area contributed by atoms with Crippen LogP contribution in [0, 0.1) is 5.92 Å². The fourth-order valence-electron chi connectivity index (χ4n) is 3.41. The maximum Gasteiger partial charge on any atom is 0.328 e. The second kappa shape index (κ2) is 7.10. The van der Waals surface area contributed by atoms with Crippen molar-refractivity contribution < 1.29 is 13.2 Å². The lowest BCUT2D eigenvalue weighted by molar-refractivity contribution is -0.120. The third-order valence-electron chi connectivity index (χ3n) is 5.15. The van der Waals surface area contributed by atoms with Crippen molar-refractivity contribution in [2.75, 3.05) is 32.5 Å². The van der Waals surface area contributed by atoms with Crippen LogP contribution >= 0.6 is 0 Å². The number of nitrogens with zero attached hydrogens (tertiary/aromatic N) is 4. The lowest BCUT2D eigenvalue weighted by atomic mass is 9.97. The lowest BCUT2D eigenvalue weighted by Gasteiger charge is -2.32. The summed E-state index contributed by atoms with van der Waals surface area (Å²) < 4.78 is 30.0. The summed E-state index contributed by atoms with van der Waals surface area (Å²) in [4.78, 5) is 24.6. The molecule has 0 atom stereocenters. The first-order valence-electron chi connectivity index (χ1n) is 8.77. The number of rotatable bonds is 4. The molecule has 1 saturated heterocycles. The second-order valence-corrected chi connectivity index (χ2v) is 9.20. The summed E-state index contributed by atoms with van der Waals surface area (Å²) in [5.74, 6) is -0.369. The summed E-state index contributed by atoms with van der Waals surface area (Å²) in [6.07, 6.45) is 0.954. The quantitative estimate of drug-likeness (QED) is 0.807. The van der Waals surface area contributed by atoms with E-state index in [1.807, 2.05) is 0 Å². The minimum atomic E-state index is -3.44. The average molecular weight is 395 g/mol. The van der Waals surface area contributed by atoms with Gasteiger partial charge in [-0.2, -0.15) is 17.0 Å². The molecule has 1 amide bonds. The molecule has 1 aromatic carbocycles. The van der Waals surface area contributed by atoms with E-state index in [1.165, 1.54) is 27.3 Å². The predicted molar refractivity (Wildman–Crippen MR) is 104 cm³/mol. The highest BCUT2D eigenvalue weighted by Gasteiger charge is 2.32. The number of anilines is 1. The zero-order valence-corrected chi connectivity index (χ0v) is 16.8. The number of amides is 1. The van der Waals surface area contributed by atoms with Crippen LogP contribution in [0.25, 0.3) is 11.0 Å². The Hall–Kier alpha value is -2.17. The fraction of sp³-hybridized carbons (Fsp3) is 0.529. The van der Waals surface area contributed by atoms with E-state index in [1.54, 1.807) is 36.9 Å². The van der Waals surface area contributed by atoms with Crippen molar-refractivity contribution >= 4 is 32.8 Å². The molecule has 148 valence electrons. The Bertz CT molecular complexity index is 1030. The highest BCUT2D eigenvalue weighted by atomic mass is 32.2. The zero-order chi connectivity index (χ0) is 19.9. The Morgan fingerprint density at radius 2 is 1.70 bits per heavy atom. The first kappa shape index (κ1) is 19.6. The van der Waals surface area contributed by atoms with E-state index >= 15 is 0 Å². The van der Waals surface area contributed by atoms with Gasteiger partial charge >= 0.3 is 5.69 Å². The Kier molecular flexibility index (Phi) is 5.15. The molecule has 0 saturated carbocycles. The van der Waals surface area contributed by atoms with Crippen LogP contribution in [0.5, 0.6) is 0 Å². The van der Waals surface area contributed by atoms with Crippen molar-refractivity contribution in [1.82, 2.24) is 17.7 Å². The molecule has 1 aromatic heterocycles. The molecule has 9 nitrogen and oxygen atoms in total. The van der Waals surface area contributed by atoms with E-state index in [0.29, 0.717) is 31.6 Å². The van der Waals surface area contributed by atoms with Gasteiger partial charge in [0.15, 0.2) is 0 Å². The van der Waals surface area contributed by atoms with Crippen molar-refractivity contribution in [3.05, 3.63) is 28.7 Å². The predicted octanol–water partition coefficient (Wildman–Crippen LogP) is 0.334. The van der Waals surface area contributed by atoms with Crippen molar-refractivity contribution in [2.24, 2.45) is 20.0 Å². The highest BCUT2D eigenvalue weighted by Crippen LogP contribution is 2.23. The van der Waals surface area contributed by atoms with Crippen molar-refractivity contribution in [1.29, 1.82) is 0 Å². The van der Waals surface area contributed by atoms with Gasteiger partial charge in [0.05, 0.1) is 11.0 Å². The molecule has 0 unspecified atom stereocenters. The van der Waals surface area contributed by atoms with Crippen LogP contribution in [-0.2, 0) is 29.1 Å². The molecule has 1 aliphatic heterocycles. The Balaban J connectivity index is 1.69. The molecule has 2 heterocycles. The van der Waals surface area contributed by atoms with Crippen LogP contribution in [0.3, 0.4) is 0 Å². The third-order valence-corrected chi connectivity index (χ3v) is 7.09. The first-order chi connectivity index (χ1) is 12.6. The molecular formula is C17H25N5O4S. The van der Waals surface area contributed by atoms with Crippen LogP contribution in [0.4, 0.5) is 5.69 Å². The van der Waals surface area contributed by atoms with Gasteiger partial charge in [-0.25, -0.2) is 4.79 Å². The number of carbonyl (C=O) groups excluding carboxylic acids is 1. The summed E-state index contributed by atoms with van der Waals surface area (Å²) in [6, 6.07) is 5.35. The molecule has 0 aliphatic carbocycles. The number of hydrogen-bond acceptors (Lipinski definition) is 4. The summed E-state index contributed by atoms with van der Waals surface area (Å²) in [5.41, 5.74) is 2.04. The van der Waals surface area contributed by atoms with Gasteiger partial charge in [-0.05, 0) is 31.0 Å². The number of hydrogen-bond donors (Lipinski definition) is 1. The van der Waals surface area contributed by atoms with Gasteiger partial charge in [0, 0.05) is 52.9 Å². The summed E-state index contributed by atoms with van der Waals surface area (Å²) in [5, 5.41) is 2.89. The van der Waals surface area contributed by atoms with Crippen LogP contribution in [0.1, 0.15) is 12.8 Å².